The molecule has 5 nitrogen and oxygen atoms in total. The highest BCUT2D eigenvalue weighted by atomic mass is 32.1. The maximum absolute atomic E-state index is 12.2. The number of H-pyrrole nitrogens is 1. The minimum absolute atomic E-state index is 0.0873. The molecular formula is C20H21N3O2S. The van der Waals surface area contributed by atoms with Gasteiger partial charge in [-0.3, -0.25) is 4.79 Å². The molecule has 0 spiro atoms. The van der Waals surface area contributed by atoms with Gasteiger partial charge in [0.25, 0.3) is 5.56 Å². The normalized spacial score (nSPS) is 10.5. The Labute approximate surface area is 157 Å². The Morgan fingerprint density at radius 2 is 1.92 bits per heavy atom. The lowest BCUT2D eigenvalue weighted by molar-refractivity contribution is 0.415. The van der Waals surface area contributed by atoms with E-state index in [1.165, 1.54) is 0 Å². The SMILES string of the molecule is COc1ccc2cc(CCNC(=S)NCc3ccccc3)c(=O)[nH]c2c1. The van der Waals surface area contributed by atoms with Crippen molar-refractivity contribution in [2.45, 2.75) is 13.0 Å². The van der Waals surface area contributed by atoms with Crippen molar-refractivity contribution in [2.24, 2.45) is 0 Å². The molecule has 134 valence electrons. The Morgan fingerprint density at radius 1 is 1.12 bits per heavy atom. The summed E-state index contributed by atoms with van der Waals surface area (Å²) in [6, 6.07) is 17.6. The molecule has 0 bridgehead atoms. The van der Waals surface area contributed by atoms with E-state index in [0.29, 0.717) is 24.6 Å². The van der Waals surface area contributed by atoms with Crippen LogP contribution < -0.4 is 20.9 Å². The van der Waals surface area contributed by atoms with Crippen molar-refractivity contribution in [2.75, 3.05) is 13.7 Å². The number of pyridine rings is 1. The molecule has 6 heteroatoms. The minimum Gasteiger partial charge on any atom is -0.497 e. The summed E-state index contributed by atoms with van der Waals surface area (Å²) >= 11 is 5.28. The summed E-state index contributed by atoms with van der Waals surface area (Å²) in [6.45, 7) is 1.26. The number of benzene rings is 2. The highest BCUT2D eigenvalue weighted by Crippen LogP contribution is 2.18. The van der Waals surface area contributed by atoms with Crippen LogP contribution in [0.5, 0.6) is 5.75 Å². The first kappa shape index (κ1) is 17.9. The minimum atomic E-state index is -0.0873. The van der Waals surface area contributed by atoms with E-state index in [-0.39, 0.29) is 5.56 Å². The van der Waals surface area contributed by atoms with Crippen molar-refractivity contribution in [3.05, 3.63) is 76.1 Å². The fraction of sp³-hybridized carbons (Fsp3) is 0.200. The third-order valence-electron chi connectivity index (χ3n) is 4.11. The molecule has 0 unspecified atom stereocenters. The number of hydrogen-bond acceptors (Lipinski definition) is 3. The van der Waals surface area contributed by atoms with E-state index in [0.717, 1.165) is 27.8 Å². The summed E-state index contributed by atoms with van der Waals surface area (Å²) in [5, 5.41) is 7.86. The van der Waals surface area contributed by atoms with Crippen molar-refractivity contribution in [3.8, 4) is 5.75 Å². The molecule has 3 N–H and O–H groups in total. The van der Waals surface area contributed by atoms with Gasteiger partial charge in [0.15, 0.2) is 5.11 Å². The maximum atomic E-state index is 12.2. The van der Waals surface area contributed by atoms with Gasteiger partial charge in [-0.15, -0.1) is 0 Å². The van der Waals surface area contributed by atoms with E-state index in [2.05, 4.69) is 15.6 Å². The quantitative estimate of drug-likeness (QED) is 0.585. The molecule has 0 aliphatic heterocycles. The Morgan fingerprint density at radius 3 is 2.69 bits per heavy atom. The second-order valence-corrected chi connectivity index (χ2v) is 6.33. The average Bonchev–Trinajstić information content (AvgIpc) is 2.67. The molecule has 0 aliphatic rings. The van der Waals surface area contributed by atoms with E-state index < -0.39 is 0 Å². The van der Waals surface area contributed by atoms with Gasteiger partial charge in [0.05, 0.1) is 12.6 Å². The van der Waals surface area contributed by atoms with Crippen LogP contribution in [0.2, 0.25) is 0 Å². The highest BCUT2D eigenvalue weighted by Gasteiger charge is 2.05. The predicted molar refractivity (Wildman–Crippen MR) is 109 cm³/mol. The molecule has 0 radical (unpaired) electrons. The number of ether oxygens (including phenoxy) is 1. The third-order valence-corrected chi connectivity index (χ3v) is 4.39. The molecule has 0 aliphatic carbocycles. The molecule has 3 aromatic rings. The largest absolute Gasteiger partial charge is 0.497 e. The van der Waals surface area contributed by atoms with E-state index in [4.69, 9.17) is 17.0 Å². The van der Waals surface area contributed by atoms with Crippen LogP contribution in [-0.2, 0) is 13.0 Å². The summed E-state index contributed by atoms with van der Waals surface area (Å²) in [5.74, 6) is 0.720. The van der Waals surface area contributed by atoms with Gasteiger partial charge < -0.3 is 20.4 Å². The zero-order chi connectivity index (χ0) is 18.4. The Hall–Kier alpha value is -2.86. The lowest BCUT2D eigenvalue weighted by Gasteiger charge is -2.11. The van der Waals surface area contributed by atoms with Crippen LogP contribution in [-0.4, -0.2) is 23.8 Å². The van der Waals surface area contributed by atoms with Gasteiger partial charge in [0.2, 0.25) is 0 Å². The summed E-state index contributed by atoms with van der Waals surface area (Å²) in [7, 11) is 1.61. The molecule has 1 aromatic heterocycles. The maximum Gasteiger partial charge on any atom is 0.251 e. The van der Waals surface area contributed by atoms with Gasteiger partial charge in [-0.25, -0.2) is 0 Å². The van der Waals surface area contributed by atoms with Crippen molar-refractivity contribution >= 4 is 28.2 Å². The number of thiocarbonyl (C=S) groups is 1. The summed E-state index contributed by atoms with van der Waals surface area (Å²) in [6.07, 6.45) is 0.588. The van der Waals surface area contributed by atoms with Crippen LogP contribution >= 0.6 is 12.2 Å². The molecule has 2 aromatic carbocycles. The molecule has 0 saturated heterocycles. The summed E-state index contributed by atoms with van der Waals surface area (Å²) < 4.78 is 5.19. The number of rotatable bonds is 6. The zero-order valence-corrected chi connectivity index (χ0v) is 15.4. The first-order chi connectivity index (χ1) is 12.7. The number of aromatic amines is 1. The van der Waals surface area contributed by atoms with Gasteiger partial charge in [-0.2, -0.15) is 0 Å². The van der Waals surface area contributed by atoms with Crippen molar-refractivity contribution < 1.29 is 4.74 Å². The standard InChI is InChI=1S/C20H21N3O2S/c1-25-17-8-7-15-11-16(19(24)23-18(15)12-17)9-10-21-20(26)22-13-14-5-3-2-4-6-14/h2-8,11-12H,9-10,13H2,1H3,(H,23,24)(H2,21,22,26). The second-order valence-electron chi connectivity index (χ2n) is 5.92. The van der Waals surface area contributed by atoms with Crippen LogP contribution in [0.3, 0.4) is 0 Å². The highest BCUT2D eigenvalue weighted by molar-refractivity contribution is 7.80. The topological polar surface area (TPSA) is 66.2 Å². The lowest BCUT2D eigenvalue weighted by Crippen LogP contribution is -2.36. The average molecular weight is 367 g/mol. The summed E-state index contributed by atoms with van der Waals surface area (Å²) in [5.41, 5.74) is 2.57. The molecule has 0 saturated carbocycles. The molecule has 0 fully saturated rings. The van der Waals surface area contributed by atoms with Crippen LogP contribution in [0.1, 0.15) is 11.1 Å². The van der Waals surface area contributed by atoms with E-state index in [1.807, 2.05) is 54.6 Å². The van der Waals surface area contributed by atoms with Crippen molar-refractivity contribution in [1.29, 1.82) is 0 Å². The Kier molecular flexibility index (Phi) is 5.86. The molecule has 26 heavy (non-hydrogen) atoms. The smallest absolute Gasteiger partial charge is 0.251 e. The van der Waals surface area contributed by atoms with E-state index >= 15 is 0 Å². The number of hydrogen-bond donors (Lipinski definition) is 3. The number of nitrogens with one attached hydrogen (secondary N) is 3. The zero-order valence-electron chi connectivity index (χ0n) is 14.5. The van der Waals surface area contributed by atoms with Gasteiger partial charge in [-0.05, 0) is 47.8 Å². The van der Waals surface area contributed by atoms with Crippen LogP contribution in [0.25, 0.3) is 10.9 Å². The van der Waals surface area contributed by atoms with E-state index in [9.17, 15) is 4.79 Å². The number of fused-ring (bicyclic) bond motifs is 1. The number of aromatic nitrogens is 1. The van der Waals surface area contributed by atoms with Crippen LogP contribution in [0, 0.1) is 0 Å². The van der Waals surface area contributed by atoms with Gasteiger partial charge >= 0.3 is 0 Å². The van der Waals surface area contributed by atoms with E-state index in [1.54, 1.807) is 7.11 Å². The van der Waals surface area contributed by atoms with Crippen molar-refractivity contribution in [1.82, 2.24) is 15.6 Å². The third kappa shape index (κ3) is 4.61. The fourth-order valence-corrected chi connectivity index (χ4v) is 2.86. The van der Waals surface area contributed by atoms with Gasteiger partial charge in [0, 0.05) is 24.7 Å². The number of methoxy groups -OCH3 is 1. The van der Waals surface area contributed by atoms with Crippen LogP contribution in [0.15, 0.2) is 59.4 Å². The lowest BCUT2D eigenvalue weighted by atomic mass is 10.1. The molecule has 0 amide bonds. The van der Waals surface area contributed by atoms with Gasteiger partial charge in [0.1, 0.15) is 5.75 Å². The Bertz CT molecular complexity index is 954. The fourth-order valence-electron chi connectivity index (χ4n) is 2.69. The monoisotopic (exact) mass is 367 g/mol. The predicted octanol–water partition coefficient (Wildman–Crippen LogP) is 2.74. The molecule has 0 atom stereocenters. The first-order valence-corrected chi connectivity index (χ1v) is 8.82. The molecular weight excluding hydrogens is 346 g/mol. The van der Waals surface area contributed by atoms with Crippen LogP contribution in [0.4, 0.5) is 0 Å². The first-order valence-electron chi connectivity index (χ1n) is 8.41. The van der Waals surface area contributed by atoms with Crippen molar-refractivity contribution in [3.63, 3.8) is 0 Å². The Balaban J connectivity index is 1.55. The summed E-state index contributed by atoms with van der Waals surface area (Å²) in [4.78, 5) is 15.2. The second kappa shape index (κ2) is 8.49. The van der Waals surface area contributed by atoms with Gasteiger partial charge in [-0.1, -0.05) is 30.3 Å². The molecule has 3 rings (SSSR count). The molecule has 1 heterocycles.